The van der Waals surface area contributed by atoms with Gasteiger partial charge in [-0.2, -0.15) is 0 Å². The van der Waals surface area contributed by atoms with E-state index in [4.69, 9.17) is 0 Å². The molecule has 0 spiro atoms. The maximum Gasteiger partial charge on any atom is 0.207 e. The van der Waals surface area contributed by atoms with E-state index in [2.05, 4.69) is 13.8 Å². The van der Waals surface area contributed by atoms with E-state index in [1.165, 1.54) is 4.57 Å². The highest BCUT2D eigenvalue weighted by atomic mass is 32.2. The topological polar surface area (TPSA) is 45.4 Å². The van der Waals surface area contributed by atoms with Crippen LogP contribution < -0.4 is 0 Å². The molecule has 74 valence electrons. The Labute approximate surface area is 82.4 Å². The van der Waals surface area contributed by atoms with Crippen LogP contribution in [0.2, 0.25) is 0 Å². The van der Waals surface area contributed by atoms with Crippen molar-refractivity contribution in [1.82, 2.24) is 4.57 Å². The fourth-order valence-electron chi connectivity index (χ4n) is 0.939. The zero-order valence-electron chi connectivity index (χ0n) is 8.11. The fourth-order valence-corrected chi connectivity index (χ4v) is 1.96. The molecule has 1 heterocycles. The average Bonchev–Trinajstić information content (AvgIpc) is 2.34. The SMILES string of the molecule is CCC(C)Sc1cc(O)n(C)c1O. The molecule has 0 saturated heterocycles. The van der Waals surface area contributed by atoms with Crippen LogP contribution in [0.1, 0.15) is 20.3 Å². The van der Waals surface area contributed by atoms with Gasteiger partial charge in [0.2, 0.25) is 5.88 Å². The maximum absolute atomic E-state index is 9.54. The summed E-state index contributed by atoms with van der Waals surface area (Å²) in [5, 5.41) is 19.3. The number of hydrogen-bond acceptors (Lipinski definition) is 3. The zero-order chi connectivity index (χ0) is 10.0. The van der Waals surface area contributed by atoms with Crippen molar-refractivity contribution in [3.63, 3.8) is 0 Å². The van der Waals surface area contributed by atoms with Crippen molar-refractivity contribution in [2.24, 2.45) is 7.05 Å². The Balaban J connectivity index is 2.83. The third-order valence-electron chi connectivity index (χ3n) is 2.05. The van der Waals surface area contributed by atoms with Crippen LogP contribution in [0.15, 0.2) is 11.0 Å². The van der Waals surface area contributed by atoms with Crippen LogP contribution in [0, 0.1) is 0 Å². The Morgan fingerprint density at radius 1 is 1.54 bits per heavy atom. The molecule has 0 saturated carbocycles. The van der Waals surface area contributed by atoms with Crippen LogP contribution in [0.5, 0.6) is 11.8 Å². The number of aromatic hydroxyl groups is 2. The lowest BCUT2D eigenvalue weighted by Crippen LogP contribution is -1.91. The van der Waals surface area contributed by atoms with Gasteiger partial charge >= 0.3 is 0 Å². The molecule has 1 aromatic heterocycles. The van der Waals surface area contributed by atoms with E-state index in [1.54, 1.807) is 24.9 Å². The molecule has 0 bridgehead atoms. The predicted octanol–water partition coefficient (Wildman–Crippen LogP) is 2.33. The van der Waals surface area contributed by atoms with Crippen LogP contribution in [-0.4, -0.2) is 20.0 Å². The Morgan fingerprint density at radius 2 is 2.15 bits per heavy atom. The van der Waals surface area contributed by atoms with Crippen molar-refractivity contribution in [3.8, 4) is 11.8 Å². The maximum atomic E-state index is 9.54. The molecule has 13 heavy (non-hydrogen) atoms. The van der Waals surface area contributed by atoms with E-state index in [0.29, 0.717) is 5.25 Å². The lowest BCUT2D eigenvalue weighted by molar-refractivity contribution is 0.383. The molecule has 0 aliphatic carbocycles. The highest BCUT2D eigenvalue weighted by Crippen LogP contribution is 2.36. The van der Waals surface area contributed by atoms with Crippen molar-refractivity contribution in [2.75, 3.05) is 0 Å². The average molecular weight is 201 g/mol. The first-order valence-electron chi connectivity index (χ1n) is 4.30. The molecule has 1 atom stereocenters. The highest BCUT2D eigenvalue weighted by molar-refractivity contribution is 8.00. The van der Waals surface area contributed by atoms with Gasteiger partial charge in [-0.05, 0) is 6.42 Å². The molecule has 0 radical (unpaired) electrons. The molecular formula is C9H15NO2S. The zero-order valence-corrected chi connectivity index (χ0v) is 8.93. The third kappa shape index (κ3) is 2.12. The number of aromatic nitrogens is 1. The van der Waals surface area contributed by atoms with Crippen LogP contribution in [-0.2, 0) is 7.05 Å². The molecule has 0 aliphatic rings. The number of rotatable bonds is 3. The second-order valence-corrected chi connectivity index (χ2v) is 4.57. The van der Waals surface area contributed by atoms with Crippen LogP contribution in [0.4, 0.5) is 0 Å². The monoisotopic (exact) mass is 201 g/mol. The summed E-state index contributed by atoms with van der Waals surface area (Å²) in [4.78, 5) is 0.745. The summed E-state index contributed by atoms with van der Waals surface area (Å²) in [5.41, 5.74) is 0. The summed E-state index contributed by atoms with van der Waals surface area (Å²) in [7, 11) is 1.63. The van der Waals surface area contributed by atoms with E-state index < -0.39 is 0 Å². The van der Waals surface area contributed by atoms with Gasteiger partial charge in [0, 0.05) is 18.4 Å². The van der Waals surface area contributed by atoms with E-state index in [1.807, 2.05) is 0 Å². The Morgan fingerprint density at radius 3 is 2.54 bits per heavy atom. The third-order valence-corrected chi connectivity index (χ3v) is 3.34. The molecule has 0 aromatic carbocycles. The van der Waals surface area contributed by atoms with E-state index in [-0.39, 0.29) is 11.8 Å². The van der Waals surface area contributed by atoms with Gasteiger partial charge in [0.25, 0.3) is 0 Å². The predicted molar refractivity (Wildman–Crippen MR) is 54.4 cm³/mol. The summed E-state index contributed by atoms with van der Waals surface area (Å²) >= 11 is 1.57. The molecule has 2 N–H and O–H groups in total. The van der Waals surface area contributed by atoms with Crippen molar-refractivity contribution in [2.45, 2.75) is 30.4 Å². The Kier molecular flexibility index (Phi) is 3.14. The summed E-state index contributed by atoms with van der Waals surface area (Å²) < 4.78 is 1.37. The summed E-state index contributed by atoms with van der Waals surface area (Å²) in [6.07, 6.45) is 1.04. The van der Waals surface area contributed by atoms with E-state index in [9.17, 15) is 10.2 Å². The fraction of sp³-hybridized carbons (Fsp3) is 0.556. The Bertz CT molecular complexity index is 296. The summed E-state index contributed by atoms with van der Waals surface area (Å²) in [6, 6.07) is 1.59. The van der Waals surface area contributed by atoms with Crippen LogP contribution >= 0.6 is 11.8 Å². The second-order valence-electron chi connectivity index (χ2n) is 3.09. The lowest BCUT2D eigenvalue weighted by Gasteiger charge is -2.06. The molecule has 1 aromatic rings. The molecule has 1 rings (SSSR count). The minimum absolute atomic E-state index is 0.100. The molecule has 4 heteroatoms. The number of hydrogen-bond donors (Lipinski definition) is 2. The quantitative estimate of drug-likeness (QED) is 0.738. The molecule has 0 aliphatic heterocycles. The van der Waals surface area contributed by atoms with Crippen LogP contribution in [0.3, 0.4) is 0 Å². The standard InChI is InChI=1S/C9H15NO2S/c1-4-6(2)13-7-5-8(11)10(3)9(7)12/h5-6,11-12H,4H2,1-3H3. The van der Waals surface area contributed by atoms with Gasteiger partial charge in [0.1, 0.15) is 0 Å². The number of thioether (sulfide) groups is 1. The van der Waals surface area contributed by atoms with Gasteiger partial charge in [-0.3, -0.25) is 4.57 Å². The van der Waals surface area contributed by atoms with E-state index in [0.717, 1.165) is 11.3 Å². The van der Waals surface area contributed by atoms with Crippen LogP contribution in [0.25, 0.3) is 0 Å². The molecule has 0 amide bonds. The molecule has 3 nitrogen and oxygen atoms in total. The van der Waals surface area contributed by atoms with Crippen molar-refractivity contribution in [3.05, 3.63) is 6.07 Å². The molecule has 0 fully saturated rings. The first-order valence-corrected chi connectivity index (χ1v) is 5.18. The highest BCUT2D eigenvalue weighted by Gasteiger charge is 2.13. The van der Waals surface area contributed by atoms with Gasteiger partial charge in [-0.25, -0.2) is 0 Å². The summed E-state index contributed by atoms with van der Waals surface area (Å²) in [5.74, 6) is 0.242. The van der Waals surface area contributed by atoms with Crippen molar-refractivity contribution >= 4 is 11.8 Å². The first-order chi connectivity index (χ1) is 6.06. The van der Waals surface area contributed by atoms with Gasteiger partial charge in [0.05, 0.1) is 4.90 Å². The van der Waals surface area contributed by atoms with Gasteiger partial charge in [-0.15, -0.1) is 11.8 Å². The van der Waals surface area contributed by atoms with Crippen molar-refractivity contribution < 1.29 is 10.2 Å². The van der Waals surface area contributed by atoms with Crippen molar-refractivity contribution in [1.29, 1.82) is 0 Å². The largest absolute Gasteiger partial charge is 0.494 e. The number of nitrogens with zero attached hydrogens (tertiary/aromatic N) is 1. The Hall–Kier alpha value is -0.770. The lowest BCUT2D eigenvalue weighted by atomic mass is 10.4. The van der Waals surface area contributed by atoms with Gasteiger partial charge in [-0.1, -0.05) is 13.8 Å². The first kappa shape index (κ1) is 10.3. The van der Waals surface area contributed by atoms with E-state index >= 15 is 0 Å². The van der Waals surface area contributed by atoms with Gasteiger partial charge in [0.15, 0.2) is 5.88 Å². The minimum atomic E-state index is 0.100. The summed E-state index contributed by atoms with van der Waals surface area (Å²) in [6.45, 7) is 4.19. The minimum Gasteiger partial charge on any atom is -0.494 e. The van der Waals surface area contributed by atoms with Gasteiger partial charge < -0.3 is 10.2 Å². The molecule has 1 unspecified atom stereocenters. The molecular weight excluding hydrogens is 186 g/mol. The normalized spacial score (nSPS) is 13.2. The second kappa shape index (κ2) is 3.96. The smallest absolute Gasteiger partial charge is 0.207 e.